The molecule has 0 aliphatic carbocycles. The van der Waals surface area contributed by atoms with Gasteiger partial charge in [-0.1, -0.05) is 18.3 Å². The van der Waals surface area contributed by atoms with Gasteiger partial charge in [0.1, 0.15) is 11.5 Å². The van der Waals surface area contributed by atoms with Crippen molar-refractivity contribution in [3.05, 3.63) is 64.0 Å². The minimum absolute atomic E-state index is 0.00906. The minimum Gasteiger partial charge on any atom is -0.477 e. The molecule has 9 heteroatoms. The number of aromatic carboxylic acids is 1. The van der Waals surface area contributed by atoms with Gasteiger partial charge in [0.15, 0.2) is 10.7 Å². The number of imidazole rings is 1. The van der Waals surface area contributed by atoms with E-state index in [1.54, 1.807) is 22.6 Å². The van der Waals surface area contributed by atoms with Crippen molar-refractivity contribution >= 4 is 38.2 Å². The van der Waals surface area contributed by atoms with Gasteiger partial charge < -0.3 is 9.84 Å². The zero-order valence-corrected chi connectivity index (χ0v) is 14.9. The second kappa shape index (κ2) is 6.36. The van der Waals surface area contributed by atoms with Gasteiger partial charge in [-0.05, 0) is 30.7 Å². The first-order chi connectivity index (χ1) is 13.0. The van der Waals surface area contributed by atoms with Crippen LogP contribution in [0, 0.1) is 10.1 Å². The molecule has 0 spiro atoms. The van der Waals surface area contributed by atoms with Crippen LogP contribution < -0.4 is 4.74 Å². The summed E-state index contributed by atoms with van der Waals surface area (Å²) < 4.78 is 8.24. The molecule has 2 heterocycles. The fourth-order valence-corrected chi connectivity index (χ4v) is 3.97. The largest absolute Gasteiger partial charge is 0.477 e. The van der Waals surface area contributed by atoms with Crippen molar-refractivity contribution in [2.75, 3.05) is 0 Å². The van der Waals surface area contributed by atoms with E-state index in [1.807, 2.05) is 6.92 Å². The quantitative estimate of drug-likeness (QED) is 0.401. The van der Waals surface area contributed by atoms with Gasteiger partial charge in [0.05, 0.1) is 20.8 Å². The van der Waals surface area contributed by atoms with E-state index in [1.165, 1.54) is 35.6 Å². The number of carboxylic acid groups (broad SMARTS) is 1. The molecule has 0 amide bonds. The third-order valence-electron chi connectivity index (χ3n) is 4.11. The number of aryl methyl sites for hydroxylation is 1. The Morgan fingerprint density at radius 3 is 2.59 bits per heavy atom. The molecular formula is C18H13N3O5S. The number of rotatable bonds is 5. The average molecular weight is 383 g/mol. The zero-order chi connectivity index (χ0) is 19.1. The standard InChI is InChI=1S/C18H13N3O5S/c1-2-13-16(17(22)23)20-14-8-7-12(9-15(14)27-18(20)19-13)26-11-5-3-10(4-6-11)21(24)25/h3-9H,2H2,1H3,(H,22,23). The molecule has 0 aliphatic rings. The Morgan fingerprint density at radius 1 is 1.26 bits per heavy atom. The summed E-state index contributed by atoms with van der Waals surface area (Å²) in [5, 5.41) is 20.3. The molecular weight excluding hydrogens is 370 g/mol. The Hall–Kier alpha value is -3.46. The van der Waals surface area contributed by atoms with Crippen molar-refractivity contribution in [2.45, 2.75) is 13.3 Å². The Kier molecular flexibility index (Phi) is 4.00. The maximum atomic E-state index is 11.7. The van der Waals surface area contributed by atoms with Crippen LogP contribution in [0.25, 0.3) is 15.2 Å². The number of fused-ring (bicyclic) bond motifs is 3. The first kappa shape index (κ1) is 17.0. The number of aromatic nitrogens is 2. The van der Waals surface area contributed by atoms with Crippen LogP contribution in [0.15, 0.2) is 42.5 Å². The van der Waals surface area contributed by atoms with Gasteiger partial charge in [-0.15, -0.1) is 0 Å². The van der Waals surface area contributed by atoms with Gasteiger partial charge >= 0.3 is 5.97 Å². The number of thiazole rings is 1. The highest BCUT2D eigenvalue weighted by atomic mass is 32.1. The van der Waals surface area contributed by atoms with Crippen LogP contribution in [-0.4, -0.2) is 25.4 Å². The number of nitro benzene ring substituents is 1. The first-order valence-electron chi connectivity index (χ1n) is 8.07. The van der Waals surface area contributed by atoms with E-state index in [9.17, 15) is 20.0 Å². The molecule has 0 fully saturated rings. The van der Waals surface area contributed by atoms with Crippen LogP contribution in [0.4, 0.5) is 5.69 Å². The predicted octanol–water partition coefficient (Wildman–Crippen LogP) is 4.51. The van der Waals surface area contributed by atoms with Gasteiger partial charge in [0, 0.05) is 18.2 Å². The van der Waals surface area contributed by atoms with E-state index >= 15 is 0 Å². The fraction of sp³-hybridized carbons (Fsp3) is 0.111. The molecule has 4 aromatic rings. The van der Waals surface area contributed by atoms with Gasteiger partial charge in [0.2, 0.25) is 0 Å². The predicted molar refractivity (Wildman–Crippen MR) is 100 cm³/mol. The van der Waals surface area contributed by atoms with E-state index in [0.29, 0.717) is 28.6 Å². The zero-order valence-electron chi connectivity index (χ0n) is 14.1. The van der Waals surface area contributed by atoms with E-state index in [4.69, 9.17) is 4.74 Å². The monoisotopic (exact) mass is 383 g/mol. The molecule has 27 heavy (non-hydrogen) atoms. The minimum atomic E-state index is -1.01. The molecule has 0 aliphatic heterocycles. The molecule has 0 radical (unpaired) electrons. The highest BCUT2D eigenvalue weighted by molar-refractivity contribution is 7.23. The van der Waals surface area contributed by atoms with Crippen LogP contribution in [0.1, 0.15) is 23.1 Å². The SMILES string of the molecule is CCc1nc2sc3cc(Oc4ccc([N+](=O)[O-])cc4)ccc3n2c1C(=O)O. The van der Waals surface area contributed by atoms with Crippen LogP contribution in [0.3, 0.4) is 0 Å². The normalized spacial score (nSPS) is 11.1. The molecule has 8 nitrogen and oxygen atoms in total. The summed E-state index contributed by atoms with van der Waals surface area (Å²) in [4.78, 5) is 26.9. The van der Waals surface area contributed by atoms with Crippen molar-refractivity contribution in [1.82, 2.24) is 9.38 Å². The van der Waals surface area contributed by atoms with Gasteiger partial charge in [0.25, 0.3) is 5.69 Å². The summed E-state index contributed by atoms with van der Waals surface area (Å²) in [6.07, 6.45) is 0.541. The summed E-state index contributed by atoms with van der Waals surface area (Å²) in [5.74, 6) is 0.0134. The Morgan fingerprint density at radius 2 is 1.96 bits per heavy atom. The van der Waals surface area contributed by atoms with E-state index < -0.39 is 10.9 Å². The smallest absolute Gasteiger partial charge is 0.354 e. The maximum Gasteiger partial charge on any atom is 0.354 e. The molecule has 4 rings (SSSR count). The molecule has 2 aromatic carbocycles. The summed E-state index contributed by atoms with van der Waals surface area (Å²) in [7, 11) is 0. The second-order valence-electron chi connectivity index (χ2n) is 5.77. The first-order valence-corrected chi connectivity index (χ1v) is 8.89. The van der Waals surface area contributed by atoms with Crippen molar-refractivity contribution in [2.24, 2.45) is 0 Å². The number of benzene rings is 2. The molecule has 0 saturated heterocycles. The van der Waals surface area contributed by atoms with Crippen LogP contribution in [0.2, 0.25) is 0 Å². The Balaban J connectivity index is 1.73. The molecule has 1 N–H and O–H groups in total. The Bertz CT molecular complexity index is 1190. The van der Waals surface area contributed by atoms with Crippen LogP contribution >= 0.6 is 11.3 Å². The highest BCUT2D eigenvalue weighted by Crippen LogP contribution is 2.33. The number of carboxylic acids is 1. The number of hydrogen-bond donors (Lipinski definition) is 1. The molecule has 0 saturated carbocycles. The van der Waals surface area contributed by atoms with Crippen molar-refractivity contribution in [3.63, 3.8) is 0 Å². The van der Waals surface area contributed by atoms with E-state index in [0.717, 1.165) is 10.2 Å². The molecule has 0 unspecified atom stereocenters. The van der Waals surface area contributed by atoms with Crippen LogP contribution in [-0.2, 0) is 6.42 Å². The molecule has 2 aromatic heterocycles. The second-order valence-corrected chi connectivity index (χ2v) is 6.78. The summed E-state index contributed by atoms with van der Waals surface area (Å²) in [6.45, 7) is 1.87. The lowest BCUT2D eigenvalue weighted by Gasteiger charge is -2.05. The lowest BCUT2D eigenvalue weighted by atomic mass is 10.2. The lowest BCUT2D eigenvalue weighted by molar-refractivity contribution is -0.384. The summed E-state index contributed by atoms with van der Waals surface area (Å²) in [5.41, 5.74) is 1.48. The number of nitro groups is 1. The maximum absolute atomic E-state index is 11.7. The average Bonchev–Trinajstić information content (AvgIpc) is 3.16. The topological polar surface area (TPSA) is 107 Å². The third-order valence-corrected chi connectivity index (χ3v) is 5.12. The van der Waals surface area contributed by atoms with Crippen molar-refractivity contribution < 1.29 is 19.6 Å². The molecule has 136 valence electrons. The van der Waals surface area contributed by atoms with Gasteiger partial charge in [-0.3, -0.25) is 14.5 Å². The number of carbonyl (C=O) groups is 1. The lowest BCUT2D eigenvalue weighted by Crippen LogP contribution is -2.04. The van der Waals surface area contributed by atoms with E-state index in [2.05, 4.69) is 4.98 Å². The Labute approximate surface area is 156 Å². The number of non-ortho nitro benzene ring substituents is 1. The van der Waals surface area contributed by atoms with Crippen LogP contribution in [0.5, 0.6) is 11.5 Å². The highest BCUT2D eigenvalue weighted by Gasteiger charge is 2.21. The number of nitrogens with zero attached hydrogens (tertiary/aromatic N) is 3. The fourth-order valence-electron chi connectivity index (χ4n) is 2.90. The number of hydrogen-bond acceptors (Lipinski definition) is 6. The van der Waals surface area contributed by atoms with Gasteiger partial charge in [-0.25, -0.2) is 9.78 Å². The molecule has 0 atom stereocenters. The third kappa shape index (κ3) is 2.87. The molecule has 0 bridgehead atoms. The van der Waals surface area contributed by atoms with Gasteiger partial charge in [-0.2, -0.15) is 0 Å². The summed E-state index contributed by atoms with van der Waals surface area (Å²) >= 11 is 1.38. The van der Waals surface area contributed by atoms with Crippen molar-refractivity contribution in [1.29, 1.82) is 0 Å². The number of ether oxygens (including phenoxy) is 1. The van der Waals surface area contributed by atoms with Crippen molar-refractivity contribution in [3.8, 4) is 11.5 Å². The summed E-state index contributed by atoms with van der Waals surface area (Å²) in [6, 6.07) is 11.1. The van der Waals surface area contributed by atoms with E-state index in [-0.39, 0.29) is 11.4 Å².